The first kappa shape index (κ1) is 20.2. The van der Waals surface area contributed by atoms with Gasteiger partial charge in [-0.2, -0.15) is 0 Å². The lowest BCUT2D eigenvalue weighted by atomic mass is 9.88. The summed E-state index contributed by atoms with van der Waals surface area (Å²) in [5, 5.41) is 0. The van der Waals surface area contributed by atoms with Crippen LogP contribution in [0.1, 0.15) is 38.2 Å². The molecule has 0 aromatic heterocycles. The summed E-state index contributed by atoms with van der Waals surface area (Å²) in [6.07, 6.45) is 6.08. The van der Waals surface area contributed by atoms with Gasteiger partial charge in [-0.15, -0.1) is 0 Å². The molecule has 1 aliphatic carbocycles. The van der Waals surface area contributed by atoms with Crippen LogP contribution in [-0.2, 0) is 16.0 Å². The summed E-state index contributed by atoms with van der Waals surface area (Å²) in [6, 6.07) is 7.77. The van der Waals surface area contributed by atoms with Gasteiger partial charge in [0.15, 0.2) is 0 Å². The summed E-state index contributed by atoms with van der Waals surface area (Å²) in [6.45, 7) is 7.59. The van der Waals surface area contributed by atoms with Crippen molar-refractivity contribution in [2.75, 3.05) is 46.4 Å². The van der Waals surface area contributed by atoms with Crippen molar-refractivity contribution < 1.29 is 14.3 Å². The quantitative estimate of drug-likeness (QED) is 0.736. The maximum Gasteiger partial charge on any atom is 0.227 e. The van der Waals surface area contributed by atoms with Crippen LogP contribution in [0.2, 0.25) is 0 Å². The van der Waals surface area contributed by atoms with E-state index in [1.807, 2.05) is 29.2 Å². The van der Waals surface area contributed by atoms with Crippen molar-refractivity contribution in [1.29, 1.82) is 0 Å². The van der Waals surface area contributed by atoms with Crippen molar-refractivity contribution in [2.45, 2.75) is 45.1 Å². The highest BCUT2D eigenvalue weighted by Gasteiger charge is 2.23. The lowest BCUT2D eigenvalue weighted by Crippen LogP contribution is -2.50. The van der Waals surface area contributed by atoms with E-state index >= 15 is 0 Å². The minimum absolute atomic E-state index is 0.204. The molecule has 5 heteroatoms. The van der Waals surface area contributed by atoms with Gasteiger partial charge in [0.25, 0.3) is 0 Å². The average molecular weight is 375 g/mol. The second kappa shape index (κ2) is 10.1. The Balaban J connectivity index is 1.36. The molecule has 0 N–H and O–H groups in total. The first-order valence-corrected chi connectivity index (χ1v) is 10.4. The molecule has 1 saturated heterocycles. The number of rotatable bonds is 7. The molecule has 5 nitrogen and oxygen atoms in total. The first-order valence-electron chi connectivity index (χ1n) is 10.4. The Hall–Kier alpha value is -1.59. The van der Waals surface area contributed by atoms with Crippen molar-refractivity contribution >= 4 is 5.91 Å². The highest BCUT2D eigenvalue weighted by molar-refractivity contribution is 5.79. The fourth-order valence-electron chi connectivity index (χ4n) is 4.15. The molecule has 1 aliphatic heterocycles. The molecule has 3 rings (SSSR count). The molecular weight excluding hydrogens is 340 g/mol. The van der Waals surface area contributed by atoms with Gasteiger partial charge < -0.3 is 14.4 Å². The first-order chi connectivity index (χ1) is 13.2. The zero-order chi connectivity index (χ0) is 19.1. The molecule has 0 bridgehead atoms. The number of amides is 1. The Morgan fingerprint density at radius 3 is 2.67 bits per heavy atom. The molecule has 2 fully saturated rings. The van der Waals surface area contributed by atoms with Crippen LogP contribution in [0.3, 0.4) is 0 Å². The predicted octanol–water partition coefficient (Wildman–Crippen LogP) is 2.98. The molecule has 1 amide bonds. The van der Waals surface area contributed by atoms with Crippen LogP contribution >= 0.6 is 0 Å². The minimum atomic E-state index is 0.204. The smallest absolute Gasteiger partial charge is 0.227 e. The maximum absolute atomic E-state index is 12.6. The molecule has 2 unspecified atom stereocenters. The summed E-state index contributed by atoms with van der Waals surface area (Å²) >= 11 is 0. The molecule has 150 valence electrons. The Kier molecular flexibility index (Phi) is 7.53. The van der Waals surface area contributed by atoms with Gasteiger partial charge in [0, 0.05) is 32.7 Å². The van der Waals surface area contributed by atoms with Gasteiger partial charge in [0.2, 0.25) is 5.91 Å². The van der Waals surface area contributed by atoms with Crippen LogP contribution < -0.4 is 4.74 Å². The molecule has 1 aromatic carbocycles. The Labute approximate surface area is 163 Å². The maximum atomic E-state index is 12.6. The average Bonchev–Trinajstić information content (AvgIpc) is 2.70. The second-order valence-electron chi connectivity index (χ2n) is 7.92. The van der Waals surface area contributed by atoms with Gasteiger partial charge >= 0.3 is 0 Å². The lowest BCUT2D eigenvalue weighted by molar-refractivity contribution is -0.132. The van der Waals surface area contributed by atoms with E-state index in [0.29, 0.717) is 18.4 Å². The number of hydrogen-bond acceptors (Lipinski definition) is 4. The van der Waals surface area contributed by atoms with Crippen molar-refractivity contribution in [2.24, 2.45) is 5.92 Å². The number of carbonyl (C=O) groups excluding carboxylic acids is 1. The topological polar surface area (TPSA) is 42.0 Å². The number of benzene rings is 1. The Morgan fingerprint density at radius 2 is 1.93 bits per heavy atom. The van der Waals surface area contributed by atoms with E-state index < -0.39 is 0 Å². The van der Waals surface area contributed by atoms with Gasteiger partial charge in [-0.1, -0.05) is 31.9 Å². The van der Waals surface area contributed by atoms with Gasteiger partial charge in [-0.05, 0) is 36.5 Å². The highest BCUT2D eigenvalue weighted by Crippen LogP contribution is 2.26. The van der Waals surface area contributed by atoms with E-state index in [4.69, 9.17) is 9.47 Å². The van der Waals surface area contributed by atoms with Crippen LogP contribution in [-0.4, -0.2) is 68.3 Å². The van der Waals surface area contributed by atoms with E-state index in [1.54, 1.807) is 7.11 Å². The van der Waals surface area contributed by atoms with Gasteiger partial charge in [-0.3, -0.25) is 9.69 Å². The van der Waals surface area contributed by atoms with E-state index in [0.717, 1.165) is 50.6 Å². The zero-order valence-electron chi connectivity index (χ0n) is 16.9. The third kappa shape index (κ3) is 5.94. The Morgan fingerprint density at radius 1 is 1.15 bits per heavy atom. The number of ether oxygens (including phenoxy) is 2. The van der Waals surface area contributed by atoms with Crippen molar-refractivity contribution in [3.05, 3.63) is 29.8 Å². The summed E-state index contributed by atoms with van der Waals surface area (Å²) < 4.78 is 11.4. The number of piperazine rings is 1. The molecule has 0 radical (unpaired) electrons. The predicted molar refractivity (Wildman–Crippen MR) is 107 cm³/mol. The lowest BCUT2D eigenvalue weighted by Gasteiger charge is -2.35. The number of methoxy groups -OCH3 is 1. The van der Waals surface area contributed by atoms with Gasteiger partial charge in [0.05, 0.1) is 26.2 Å². The van der Waals surface area contributed by atoms with Crippen LogP contribution in [0, 0.1) is 5.92 Å². The molecule has 27 heavy (non-hydrogen) atoms. The molecule has 2 atom stereocenters. The molecule has 2 aliphatic rings. The number of carbonyl (C=O) groups is 1. The second-order valence-corrected chi connectivity index (χ2v) is 7.92. The molecule has 1 saturated carbocycles. The summed E-state index contributed by atoms with van der Waals surface area (Å²) in [5.74, 6) is 1.71. The van der Waals surface area contributed by atoms with Crippen molar-refractivity contribution in [1.82, 2.24) is 9.80 Å². The molecular formula is C22H34N2O3. The van der Waals surface area contributed by atoms with Gasteiger partial charge in [-0.25, -0.2) is 0 Å². The summed E-state index contributed by atoms with van der Waals surface area (Å²) in [7, 11) is 1.65. The van der Waals surface area contributed by atoms with Crippen LogP contribution in [0.25, 0.3) is 0 Å². The SMILES string of the molecule is COc1cccc(CC(=O)N2CCN(CCOC3CCCCC3C)CC2)c1. The number of nitrogens with zero attached hydrogens (tertiary/aromatic N) is 2. The minimum Gasteiger partial charge on any atom is -0.497 e. The largest absolute Gasteiger partial charge is 0.497 e. The van der Waals surface area contributed by atoms with Crippen molar-refractivity contribution in [3.8, 4) is 5.75 Å². The van der Waals surface area contributed by atoms with Crippen LogP contribution in [0.4, 0.5) is 0 Å². The molecule has 1 aromatic rings. The summed E-state index contributed by atoms with van der Waals surface area (Å²) in [4.78, 5) is 17.0. The van der Waals surface area contributed by atoms with E-state index in [9.17, 15) is 4.79 Å². The molecule has 0 spiro atoms. The standard InChI is InChI=1S/C22H34N2O3/c1-18-6-3-4-9-21(18)27-15-14-23-10-12-24(13-11-23)22(25)17-19-7-5-8-20(16-19)26-2/h5,7-8,16,18,21H,3-4,6,9-15,17H2,1-2H3. The number of hydrogen-bond donors (Lipinski definition) is 0. The van der Waals surface area contributed by atoms with E-state index in [2.05, 4.69) is 11.8 Å². The van der Waals surface area contributed by atoms with E-state index in [-0.39, 0.29) is 5.91 Å². The van der Waals surface area contributed by atoms with Crippen LogP contribution in [0.5, 0.6) is 5.75 Å². The zero-order valence-corrected chi connectivity index (χ0v) is 16.9. The van der Waals surface area contributed by atoms with Gasteiger partial charge in [0.1, 0.15) is 5.75 Å². The van der Waals surface area contributed by atoms with Crippen LogP contribution in [0.15, 0.2) is 24.3 Å². The Bertz CT molecular complexity index is 599. The molecule has 1 heterocycles. The van der Waals surface area contributed by atoms with E-state index in [1.165, 1.54) is 25.7 Å². The van der Waals surface area contributed by atoms with Crippen molar-refractivity contribution in [3.63, 3.8) is 0 Å². The third-order valence-corrected chi connectivity index (χ3v) is 5.99. The highest BCUT2D eigenvalue weighted by atomic mass is 16.5. The normalized spacial score (nSPS) is 24.0. The third-order valence-electron chi connectivity index (χ3n) is 5.99. The summed E-state index contributed by atoms with van der Waals surface area (Å²) in [5.41, 5.74) is 1.01. The monoisotopic (exact) mass is 374 g/mol. The fraction of sp³-hybridized carbons (Fsp3) is 0.682. The fourth-order valence-corrected chi connectivity index (χ4v) is 4.15.